The van der Waals surface area contributed by atoms with E-state index in [0.717, 1.165) is 6.54 Å². The first kappa shape index (κ1) is 15.1. The summed E-state index contributed by atoms with van der Waals surface area (Å²) in [7, 11) is 0. The summed E-state index contributed by atoms with van der Waals surface area (Å²) < 4.78 is 0. The fraction of sp³-hybridized carbons (Fsp3) is 0.600. The average Bonchev–Trinajstić information content (AvgIpc) is 2.41. The van der Waals surface area contributed by atoms with Crippen molar-refractivity contribution in [3.05, 3.63) is 33.8 Å². The number of nitrogens with two attached hydrogens (primary N) is 1. The maximum Gasteiger partial charge on any atom is 0.0595 e. The molecular weight excluding hydrogens is 279 g/mol. The van der Waals surface area contributed by atoms with Gasteiger partial charge in [-0.1, -0.05) is 35.7 Å². The maximum absolute atomic E-state index is 6.14. The maximum atomic E-state index is 6.14. The van der Waals surface area contributed by atoms with Crippen LogP contribution in [0.1, 0.15) is 44.7 Å². The van der Waals surface area contributed by atoms with E-state index in [1.807, 2.05) is 12.1 Å². The molecule has 19 heavy (non-hydrogen) atoms. The summed E-state index contributed by atoms with van der Waals surface area (Å²) in [5, 5.41) is 1.24. The van der Waals surface area contributed by atoms with Gasteiger partial charge in [-0.3, -0.25) is 4.90 Å². The minimum atomic E-state index is 0.200. The van der Waals surface area contributed by atoms with Crippen LogP contribution in [-0.4, -0.2) is 23.5 Å². The van der Waals surface area contributed by atoms with Gasteiger partial charge in [-0.05, 0) is 50.9 Å². The predicted molar refractivity (Wildman–Crippen MR) is 82.9 cm³/mol. The minimum absolute atomic E-state index is 0.200. The molecule has 0 spiro atoms. The molecule has 1 aliphatic rings. The number of piperidine rings is 1. The summed E-state index contributed by atoms with van der Waals surface area (Å²) in [5.74, 6) is 0. The Morgan fingerprint density at radius 1 is 1.21 bits per heavy atom. The molecule has 0 saturated carbocycles. The third-order valence-corrected chi connectivity index (χ3v) is 4.86. The summed E-state index contributed by atoms with van der Waals surface area (Å²) in [6.07, 6.45) is 3.70. The number of likely N-dealkylation sites (tertiary alicyclic amines) is 1. The summed E-state index contributed by atoms with van der Waals surface area (Å²) in [5.41, 5.74) is 7.35. The number of benzene rings is 1. The van der Waals surface area contributed by atoms with E-state index in [-0.39, 0.29) is 6.04 Å². The van der Waals surface area contributed by atoms with Gasteiger partial charge in [0.15, 0.2) is 0 Å². The van der Waals surface area contributed by atoms with Crippen molar-refractivity contribution in [1.29, 1.82) is 0 Å². The van der Waals surface area contributed by atoms with Crippen molar-refractivity contribution in [1.82, 2.24) is 4.90 Å². The molecule has 2 N–H and O–H groups in total. The molecule has 1 aromatic rings. The van der Waals surface area contributed by atoms with Crippen LogP contribution in [0.3, 0.4) is 0 Å². The fourth-order valence-corrected chi connectivity index (χ4v) is 3.30. The van der Waals surface area contributed by atoms with Crippen molar-refractivity contribution in [3.8, 4) is 0 Å². The molecule has 0 bridgehead atoms. The zero-order valence-electron chi connectivity index (χ0n) is 11.6. The highest BCUT2D eigenvalue weighted by Gasteiger charge is 2.29. The van der Waals surface area contributed by atoms with Crippen molar-refractivity contribution in [3.63, 3.8) is 0 Å². The van der Waals surface area contributed by atoms with E-state index in [2.05, 4.69) is 24.8 Å². The van der Waals surface area contributed by atoms with E-state index in [4.69, 9.17) is 28.9 Å². The smallest absolute Gasteiger partial charge is 0.0595 e. The van der Waals surface area contributed by atoms with E-state index in [1.54, 1.807) is 0 Å². The molecule has 0 aromatic heterocycles. The van der Waals surface area contributed by atoms with Crippen molar-refractivity contribution in [2.24, 2.45) is 5.73 Å². The zero-order valence-corrected chi connectivity index (χ0v) is 13.1. The van der Waals surface area contributed by atoms with Gasteiger partial charge < -0.3 is 5.73 Å². The van der Waals surface area contributed by atoms with E-state index in [9.17, 15) is 0 Å². The minimum Gasteiger partial charge on any atom is -0.327 e. The highest BCUT2D eigenvalue weighted by atomic mass is 35.5. The van der Waals surface area contributed by atoms with Gasteiger partial charge in [0.25, 0.3) is 0 Å². The third-order valence-electron chi connectivity index (χ3n) is 4.12. The molecule has 1 fully saturated rings. The van der Waals surface area contributed by atoms with Gasteiger partial charge in [0.2, 0.25) is 0 Å². The Kier molecular flexibility index (Phi) is 5.13. The van der Waals surface area contributed by atoms with Crippen LogP contribution < -0.4 is 5.73 Å². The topological polar surface area (TPSA) is 29.3 Å². The first-order valence-electron chi connectivity index (χ1n) is 6.97. The largest absolute Gasteiger partial charge is 0.327 e. The Labute approximate surface area is 125 Å². The van der Waals surface area contributed by atoms with E-state index < -0.39 is 0 Å². The van der Waals surface area contributed by atoms with E-state index >= 15 is 0 Å². The lowest BCUT2D eigenvalue weighted by molar-refractivity contribution is 0.0890. The molecule has 4 heteroatoms. The van der Waals surface area contributed by atoms with Crippen LogP contribution in [0.4, 0.5) is 0 Å². The zero-order chi connectivity index (χ0) is 14.0. The second kappa shape index (κ2) is 6.45. The quantitative estimate of drug-likeness (QED) is 0.904. The van der Waals surface area contributed by atoms with Crippen molar-refractivity contribution >= 4 is 23.2 Å². The van der Waals surface area contributed by atoms with Gasteiger partial charge in [-0.15, -0.1) is 0 Å². The molecule has 3 unspecified atom stereocenters. The fourth-order valence-electron chi connectivity index (χ4n) is 2.99. The second-order valence-electron chi connectivity index (χ2n) is 5.51. The average molecular weight is 301 g/mol. The van der Waals surface area contributed by atoms with E-state index in [1.165, 1.54) is 24.8 Å². The van der Waals surface area contributed by atoms with Crippen molar-refractivity contribution in [2.45, 2.75) is 51.2 Å². The second-order valence-corrected chi connectivity index (χ2v) is 6.32. The van der Waals surface area contributed by atoms with Crippen LogP contribution >= 0.6 is 23.2 Å². The molecule has 1 heterocycles. The molecule has 106 valence electrons. The van der Waals surface area contributed by atoms with Crippen LogP contribution in [0.15, 0.2) is 18.2 Å². The van der Waals surface area contributed by atoms with Crippen molar-refractivity contribution < 1.29 is 0 Å². The molecular formula is C15H22Cl2N2. The van der Waals surface area contributed by atoms with Gasteiger partial charge >= 0.3 is 0 Å². The Morgan fingerprint density at radius 2 is 1.95 bits per heavy atom. The summed E-state index contributed by atoms with van der Waals surface area (Å²) in [6.45, 7) is 5.43. The lowest BCUT2D eigenvalue weighted by Gasteiger charge is -2.42. The number of hydrogen-bond acceptors (Lipinski definition) is 2. The molecule has 1 saturated heterocycles. The Balaban J connectivity index is 2.20. The number of halogens is 2. The molecule has 3 atom stereocenters. The molecule has 0 amide bonds. The summed E-state index contributed by atoms with van der Waals surface area (Å²) in [6, 6.07) is 6.89. The highest BCUT2D eigenvalue weighted by Crippen LogP contribution is 2.32. The number of rotatable bonds is 3. The van der Waals surface area contributed by atoms with Gasteiger partial charge in [0.05, 0.1) is 10.0 Å². The van der Waals surface area contributed by atoms with Gasteiger partial charge in [0, 0.05) is 18.1 Å². The lowest BCUT2D eigenvalue weighted by Crippen LogP contribution is -2.49. The number of nitrogens with zero attached hydrogens (tertiary/aromatic N) is 1. The Bertz CT molecular complexity index is 434. The van der Waals surface area contributed by atoms with Crippen LogP contribution in [-0.2, 0) is 0 Å². The van der Waals surface area contributed by atoms with E-state index in [0.29, 0.717) is 22.1 Å². The summed E-state index contributed by atoms with van der Waals surface area (Å²) in [4.78, 5) is 2.51. The molecule has 1 aliphatic heterocycles. The lowest BCUT2D eigenvalue weighted by atomic mass is 9.93. The summed E-state index contributed by atoms with van der Waals surface area (Å²) >= 11 is 12.1. The van der Waals surface area contributed by atoms with Crippen LogP contribution in [0.5, 0.6) is 0 Å². The van der Waals surface area contributed by atoms with Crippen LogP contribution in [0.2, 0.25) is 10.0 Å². The normalized spacial score (nSPS) is 24.2. The monoisotopic (exact) mass is 300 g/mol. The molecule has 0 radical (unpaired) electrons. The Hall–Kier alpha value is -0.280. The molecule has 1 aromatic carbocycles. The highest BCUT2D eigenvalue weighted by molar-refractivity contribution is 6.42. The standard InChI is InChI=1S/C15H22Cl2N2/c1-10(18)15-5-3-4-8-19(15)11(2)12-6-7-13(16)14(17)9-12/h6-7,9-11,15H,3-5,8,18H2,1-2H3. The first-order chi connectivity index (χ1) is 9.00. The molecule has 2 rings (SSSR count). The Morgan fingerprint density at radius 3 is 2.58 bits per heavy atom. The van der Waals surface area contributed by atoms with Crippen molar-refractivity contribution in [2.75, 3.05) is 6.54 Å². The first-order valence-corrected chi connectivity index (χ1v) is 7.72. The van der Waals surface area contributed by atoms with Gasteiger partial charge in [-0.2, -0.15) is 0 Å². The third kappa shape index (κ3) is 3.43. The van der Waals surface area contributed by atoms with Gasteiger partial charge in [0.1, 0.15) is 0 Å². The van der Waals surface area contributed by atoms with Crippen LogP contribution in [0.25, 0.3) is 0 Å². The SMILES string of the molecule is CC(N)C1CCCCN1C(C)c1ccc(Cl)c(Cl)c1. The predicted octanol–water partition coefficient (Wildman–Crippen LogP) is 4.26. The van der Waals surface area contributed by atoms with Gasteiger partial charge in [-0.25, -0.2) is 0 Å². The van der Waals surface area contributed by atoms with Crippen LogP contribution in [0, 0.1) is 0 Å². The molecule has 2 nitrogen and oxygen atoms in total. The number of hydrogen-bond donors (Lipinski definition) is 1. The molecule has 0 aliphatic carbocycles.